The topological polar surface area (TPSA) is 38.5 Å². The maximum Gasteiger partial charge on any atom is 0.416 e. The van der Waals surface area contributed by atoms with Crippen LogP contribution in [0.15, 0.2) is 0 Å². The predicted octanol–water partition coefficient (Wildman–Crippen LogP) is 1.55. The molecule has 4 nitrogen and oxygen atoms in total. The van der Waals surface area contributed by atoms with E-state index in [4.69, 9.17) is 9.05 Å². The third-order valence-electron chi connectivity index (χ3n) is 0.990. The summed E-state index contributed by atoms with van der Waals surface area (Å²) in [4.78, 5) is 0. The molecule has 0 bridgehead atoms. The van der Waals surface area contributed by atoms with E-state index in [1.54, 1.807) is 32.5 Å². The lowest BCUT2D eigenvalue weighted by Crippen LogP contribution is -2.04. The lowest BCUT2D eigenvalue weighted by molar-refractivity contribution is -0.457. The molecule has 0 spiro atoms. The van der Waals surface area contributed by atoms with Gasteiger partial charge < -0.3 is 9.05 Å². The van der Waals surface area contributed by atoms with Crippen molar-refractivity contribution in [2.45, 2.75) is 13.8 Å². The summed E-state index contributed by atoms with van der Waals surface area (Å²) in [7, 11) is 0.590. The van der Waals surface area contributed by atoms with E-state index in [1.807, 2.05) is 0 Å². The molecule has 0 unspecified atom stereocenters. The Morgan fingerprint density at radius 3 is 1.92 bits per heavy atom. The van der Waals surface area contributed by atoms with Gasteiger partial charge in [-0.3, -0.25) is 0 Å². The summed E-state index contributed by atoms with van der Waals surface area (Å²) in [5, 5.41) is 0. The van der Waals surface area contributed by atoms with Crippen LogP contribution in [-0.2, 0) is 13.6 Å². The molecule has 0 aliphatic carbocycles. The first-order valence-corrected chi connectivity index (χ1v) is 5.56. The maximum absolute atomic E-state index is 11.7. The summed E-state index contributed by atoms with van der Waals surface area (Å²) in [6.07, 6.45) is 0. The van der Waals surface area contributed by atoms with Gasteiger partial charge in [0.2, 0.25) is 0 Å². The molecule has 0 aromatic carbocycles. The van der Waals surface area contributed by atoms with Crippen LogP contribution in [0.2, 0.25) is 0 Å². The molecule has 0 heterocycles. The molecule has 0 aliphatic rings. The van der Waals surface area contributed by atoms with Gasteiger partial charge in [0.15, 0.2) is 0 Å². The second-order valence-corrected chi connectivity index (χ2v) is 4.28. The number of nitrogens with zero attached hydrogens (tertiary/aromatic N) is 1. The van der Waals surface area contributed by atoms with Gasteiger partial charge in [-0.2, -0.15) is 0 Å². The van der Waals surface area contributed by atoms with E-state index in [0.717, 1.165) is 0 Å². The summed E-state index contributed by atoms with van der Waals surface area (Å²) in [6, 6.07) is 0. The maximum atomic E-state index is 11.7. The first-order valence-electron chi connectivity index (χ1n) is 3.95. The molecule has 0 fully saturated rings. The first kappa shape index (κ1) is 11.8. The molecule has 5 heteroatoms. The fourth-order valence-corrected chi connectivity index (χ4v) is 2.24. The van der Waals surface area contributed by atoms with Crippen LogP contribution in [0.4, 0.5) is 0 Å². The molecule has 0 rings (SSSR count). The Bertz CT molecular complexity index is 189. The highest BCUT2D eigenvalue weighted by molar-refractivity contribution is 7.69. The largest absolute Gasteiger partial charge is 0.416 e. The number of hydrogen-bond donors (Lipinski definition) is 0. The Morgan fingerprint density at radius 1 is 1.25 bits per heavy atom. The molecule has 0 atom stereocenters. The Hall–Kier alpha value is -0.180. The summed E-state index contributed by atoms with van der Waals surface area (Å²) in [5.74, 6) is 1.47. The third-order valence-corrected chi connectivity index (χ3v) is 2.97. The SMILES string of the molecule is CCOP(=O)(C=[N+](C)C)OCC. The average molecular weight is 194 g/mol. The summed E-state index contributed by atoms with van der Waals surface area (Å²) >= 11 is 0. The molecule has 0 N–H and O–H groups in total. The number of hydrogen-bond acceptors (Lipinski definition) is 3. The highest BCUT2D eigenvalue weighted by Gasteiger charge is 2.24. The Kier molecular flexibility index (Phi) is 5.38. The van der Waals surface area contributed by atoms with Crippen molar-refractivity contribution in [3.8, 4) is 0 Å². The summed E-state index contributed by atoms with van der Waals surface area (Å²) in [5.41, 5.74) is 0. The smallest absolute Gasteiger partial charge is 0.302 e. The van der Waals surface area contributed by atoms with Crippen LogP contribution >= 0.6 is 7.60 Å². The molecule has 0 radical (unpaired) electrons. The molecule has 72 valence electrons. The van der Waals surface area contributed by atoms with Gasteiger partial charge in [-0.25, -0.2) is 9.14 Å². The van der Waals surface area contributed by atoms with Crippen LogP contribution in [0.1, 0.15) is 13.8 Å². The average Bonchev–Trinajstić information content (AvgIpc) is 1.85. The van der Waals surface area contributed by atoms with E-state index < -0.39 is 7.60 Å². The Morgan fingerprint density at radius 2 is 1.67 bits per heavy atom. The van der Waals surface area contributed by atoms with E-state index >= 15 is 0 Å². The van der Waals surface area contributed by atoms with Crippen molar-refractivity contribution in [2.24, 2.45) is 0 Å². The predicted molar refractivity (Wildman–Crippen MR) is 49.0 cm³/mol. The van der Waals surface area contributed by atoms with Gasteiger partial charge in [0, 0.05) is 0 Å². The van der Waals surface area contributed by atoms with Crippen molar-refractivity contribution >= 4 is 13.6 Å². The van der Waals surface area contributed by atoms with Gasteiger partial charge in [0.25, 0.3) is 5.96 Å². The van der Waals surface area contributed by atoms with Gasteiger partial charge in [0.1, 0.15) is 14.1 Å². The molecule has 0 saturated heterocycles. The van der Waals surface area contributed by atoms with Crippen LogP contribution in [-0.4, -0.2) is 37.8 Å². The zero-order chi connectivity index (χ0) is 9.61. The molecule has 12 heavy (non-hydrogen) atoms. The minimum absolute atomic E-state index is 0.390. The van der Waals surface area contributed by atoms with Crippen LogP contribution < -0.4 is 0 Å². The van der Waals surface area contributed by atoms with Crippen molar-refractivity contribution in [3.05, 3.63) is 0 Å². The van der Waals surface area contributed by atoms with Gasteiger partial charge in [-0.15, -0.1) is 0 Å². The zero-order valence-corrected chi connectivity index (χ0v) is 9.01. The fourth-order valence-electron chi connectivity index (χ4n) is 0.747. The van der Waals surface area contributed by atoms with Crippen LogP contribution in [0.5, 0.6) is 0 Å². The molecule has 0 amide bonds. The minimum atomic E-state index is -2.97. The van der Waals surface area contributed by atoms with Crippen molar-refractivity contribution in [3.63, 3.8) is 0 Å². The second kappa shape index (κ2) is 5.46. The van der Waals surface area contributed by atoms with Gasteiger partial charge >= 0.3 is 7.60 Å². The van der Waals surface area contributed by atoms with E-state index in [0.29, 0.717) is 13.2 Å². The number of rotatable bonds is 5. The normalized spacial score (nSPS) is 11.3. The molecule has 0 aromatic rings. The van der Waals surface area contributed by atoms with E-state index in [1.165, 1.54) is 5.96 Å². The summed E-state index contributed by atoms with van der Waals surface area (Å²) < 4.78 is 23.4. The third kappa shape index (κ3) is 4.65. The van der Waals surface area contributed by atoms with E-state index in [-0.39, 0.29) is 0 Å². The van der Waals surface area contributed by atoms with E-state index in [9.17, 15) is 4.57 Å². The minimum Gasteiger partial charge on any atom is -0.302 e. The van der Waals surface area contributed by atoms with E-state index in [2.05, 4.69) is 0 Å². The molecule has 0 aromatic heterocycles. The second-order valence-electron chi connectivity index (χ2n) is 2.45. The highest BCUT2D eigenvalue weighted by atomic mass is 31.2. The molecule has 0 saturated carbocycles. The zero-order valence-electron chi connectivity index (χ0n) is 8.11. The van der Waals surface area contributed by atoms with Crippen LogP contribution in [0, 0.1) is 0 Å². The quantitative estimate of drug-likeness (QED) is 0.378. The first-order chi connectivity index (χ1) is 5.54. The Labute approximate surface area is 73.7 Å². The summed E-state index contributed by atoms with van der Waals surface area (Å²) in [6.45, 7) is 4.35. The molecular formula is C7H17NO3P+. The van der Waals surface area contributed by atoms with Crippen LogP contribution in [0.3, 0.4) is 0 Å². The van der Waals surface area contributed by atoms with Crippen LogP contribution in [0.25, 0.3) is 0 Å². The van der Waals surface area contributed by atoms with Crippen molar-refractivity contribution < 1.29 is 18.2 Å². The Balaban J connectivity index is 4.40. The lowest BCUT2D eigenvalue weighted by atomic mass is 10.9. The highest BCUT2D eigenvalue weighted by Crippen LogP contribution is 2.44. The monoisotopic (exact) mass is 194 g/mol. The van der Waals surface area contributed by atoms with Crippen molar-refractivity contribution in [1.29, 1.82) is 0 Å². The standard InChI is InChI=1S/C7H17NO3P/c1-5-10-12(9,11-6-2)7-8(3)4/h7H,5-6H2,1-4H3/q+1. The van der Waals surface area contributed by atoms with Crippen molar-refractivity contribution in [1.82, 2.24) is 0 Å². The van der Waals surface area contributed by atoms with Crippen molar-refractivity contribution in [2.75, 3.05) is 27.3 Å². The molecule has 0 aliphatic heterocycles. The lowest BCUT2D eigenvalue weighted by Gasteiger charge is -2.09. The van der Waals surface area contributed by atoms with Gasteiger partial charge in [0.05, 0.1) is 13.2 Å². The fraction of sp³-hybridized carbons (Fsp3) is 0.857. The van der Waals surface area contributed by atoms with Gasteiger partial charge in [-0.1, -0.05) is 0 Å². The van der Waals surface area contributed by atoms with Gasteiger partial charge in [-0.05, 0) is 13.8 Å². The molecular weight excluding hydrogens is 177 g/mol.